The molecule has 0 radical (unpaired) electrons. The first-order valence-corrected chi connectivity index (χ1v) is 6.11. The Morgan fingerprint density at radius 2 is 1.89 bits per heavy atom. The molecule has 0 bridgehead atoms. The molecule has 0 amide bonds. The summed E-state index contributed by atoms with van der Waals surface area (Å²) in [5.41, 5.74) is 4.64. The summed E-state index contributed by atoms with van der Waals surface area (Å²) >= 11 is 6.24. The summed E-state index contributed by atoms with van der Waals surface area (Å²) in [5.74, 6) is 0.758. The number of hydrogen-bond donors (Lipinski definition) is 1. The number of aromatic nitrogens is 3. The van der Waals surface area contributed by atoms with Gasteiger partial charge < -0.3 is 4.98 Å². The normalized spacial score (nSPS) is 11.1. The van der Waals surface area contributed by atoms with Crippen LogP contribution in [0.3, 0.4) is 0 Å². The summed E-state index contributed by atoms with van der Waals surface area (Å²) in [6, 6.07) is 9.87. The van der Waals surface area contributed by atoms with E-state index < -0.39 is 0 Å². The van der Waals surface area contributed by atoms with Gasteiger partial charge in [-0.1, -0.05) is 17.7 Å². The van der Waals surface area contributed by atoms with Crippen LogP contribution in [0.2, 0.25) is 5.02 Å². The van der Waals surface area contributed by atoms with Crippen molar-refractivity contribution >= 4 is 22.8 Å². The molecule has 3 rings (SSSR count). The van der Waals surface area contributed by atoms with E-state index >= 15 is 0 Å². The fourth-order valence-corrected chi connectivity index (χ4v) is 2.25. The molecule has 0 unspecified atom stereocenters. The van der Waals surface area contributed by atoms with Gasteiger partial charge in [0.1, 0.15) is 5.82 Å². The molecule has 3 nitrogen and oxygen atoms in total. The number of pyridine rings is 1. The molecule has 0 spiro atoms. The first kappa shape index (κ1) is 11.2. The fraction of sp³-hybridized carbons (Fsp3) is 0.143. The van der Waals surface area contributed by atoms with Crippen LogP contribution < -0.4 is 0 Å². The van der Waals surface area contributed by atoms with Crippen molar-refractivity contribution in [3.63, 3.8) is 0 Å². The van der Waals surface area contributed by atoms with Gasteiger partial charge in [0.2, 0.25) is 0 Å². The van der Waals surface area contributed by atoms with Crippen LogP contribution in [0, 0.1) is 13.8 Å². The molecule has 0 saturated carbocycles. The van der Waals surface area contributed by atoms with Gasteiger partial charge in [0.25, 0.3) is 0 Å². The molecular weight excluding hydrogens is 246 g/mol. The Labute approximate surface area is 110 Å². The minimum absolute atomic E-state index is 0.700. The van der Waals surface area contributed by atoms with E-state index in [2.05, 4.69) is 15.0 Å². The zero-order valence-electron chi connectivity index (χ0n) is 10.2. The van der Waals surface area contributed by atoms with Crippen molar-refractivity contribution in [3.8, 4) is 11.4 Å². The molecule has 3 aromatic rings. The third-order valence-electron chi connectivity index (χ3n) is 2.86. The quantitative estimate of drug-likeness (QED) is 0.718. The Bertz CT molecular complexity index is 731. The second-order valence-corrected chi connectivity index (χ2v) is 4.80. The molecule has 0 saturated heterocycles. The molecule has 90 valence electrons. The average molecular weight is 258 g/mol. The van der Waals surface area contributed by atoms with Gasteiger partial charge in [0, 0.05) is 11.3 Å². The van der Waals surface area contributed by atoms with Crippen LogP contribution in [-0.4, -0.2) is 15.0 Å². The third kappa shape index (κ3) is 1.87. The van der Waals surface area contributed by atoms with Crippen molar-refractivity contribution in [2.45, 2.75) is 13.8 Å². The minimum Gasteiger partial charge on any atom is -0.337 e. The van der Waals surface area contributed by atoms with Crippen molar-refractivity contribution in [1.82, 2.24) is 15.0 Å². The van der Waals surface area contributed by atoms with Crippen molar-refractivity contribution in [1.29, 1.82) is 0 Å². The predicted octanol–water partition coefficient (Wildman–Crippen LogP) is 3.90. The van der Waals surface area contributed by atoms with Crippen molar-refractivity contribution < 1.29 is 0 Å². The molecule has 0 atom stereocenters. The highest BCUT2D eigenvalue weighted by Gasteiger charge is 2.09. The maximum atomic E-state index is 6.24. The van der Waals surface area contributed by atoms with E-state index in [-0.39, 0.29) is 0 Å². The standard InChI is InChI=1S/C14H12ClN3/c1-8-3-5-10(11(15)7-8)13-17-12-6-4-9(2)16-14(12)18-13/h3-7H,1-2H3,(H,16,17,18). The molecule has 4 heteroatoms. The van der Waals surface area contributed by atoms with Crippen molar-refractivity contribution in [3.05, 3.63) is 46.6 Å². The second-order valence-electron chi connectivity index (χ2n) is 4.39. The number of nitrogens with zero attached hydrogens (tertiary/aromatic N) is 2. The van der Waals surface area contributed by atoms with Gasteiger partial charge in [-0.3, -0.25) is 0 Å². The Hall–Kier alpha value is -1.87. The molecule has 0 aliphatic rings. The van der Waals surface area contributed by atoms with Gasteiger partial charge in [0.15, 0.2) is 5.65 Å². The topological polar surface area (TPSA) is 41.6 Å². The van der Waals surface area contributed by atoms with Gasteiger partial charge in [-0.05, 0) is 43.7 Å². The molecule has 1 aromatic carbocycles. The summed E-state index contributed by atoms with van der Waals surface area (Å²) < 4.78 is 0. The lowest BCUT2D eigenvalue weighted by atomic mass is 10.1. The highest BCUT2D eigenvalue weighted by Crippen LogP contribution is 2.27. The number of imidazole rings is 1. The van der Waals surface area contributed by atoms with Gasteiger partial charge in [-0.25, -0.2) is 9.97 Å². The van der Waals surface area contributed by atoms with Crippen molar-refractivity contribution in [2.24, 2.45) is 0 Å². The number of benzene rings is 1. The third-order valence-corrected chi connectivity index (χ3v) is 3.18. The Morgan fingerprint density at radius 3 is 2.67 bits per heavy atom. The number of hydrogen-bond acceptors (Lipinski definition) is 2. The van der Waals surface area contributed by atoms with Crippen LogP contribution in [-0.2, 0) is 0 Å². The summed E-state index contributed by atoms with van der Waals surface area (Å²) in [6.07, 6.45) is 0. The number of nitrogens with one attached hydrogen (secondary N) is 1. The zero-order valence-corrected chi connectivity index (χ0v) is 10.9. The summed E-state index contributed by atoms with van der Waals surface area (Å²) in [6.45, 7) is 3.96. The Morgan fingerprint density at radius 1 is 1.06 bits per heavy atom. The highest BCUT2D eigenvalue weighted by atomic mass is 35.5. The lowest BCUT2D eigenvalue weighted by Gasteiger charge is -2.01. The first-order valence-electron chi connectivity index (χ1n) is 5.73. The molecular formula is C14H12ClN3. The van der Waals surface area contributed by atoms with E-state index in [1.807, 2.05) is 44.2 Å². The van der Waals surface area contributed by atoms with Gasteiger partial charge in [-0.15, -0.1) is 0 Å². The molecule has 0 aliphatic heterocycles. The first-order chi connectivity index (χ1) is 8.63. The molecule has 2 heterocycles. The Kier molecular flexibility index (Phi) is 2.56. The van der Waals surface area contributed by atoms with E-state index in [9.17, 15) is 0 Å². The fourth-order valence-electron chi connectivity index (χ4n) is 1.93. The monoisotopic (exact) mass is 257 g/mol. The number of rotatable bonds is 1. The molecule has 2 aromatic heterocycles. The number of fused-ring (bicyclic) bond motifs is 1. The van der Waals surface area contributed by atoms with E-state index in [0.717, 1.165) is 33.8 Å². The highest BCUT2D eigenvalue weighted by molar-refractivity contribution is 6.33. The van der Waals surface area contributed by atoms with E-state index in [4.69, 9.17) is 11.6 Å². The Balaban J connectivity index is 2.19. The van der Waals surface area contributed by atoms with Crippen LogP contribution in [0.1, 0.15) is 11.3 Å². The summed E-state index contributed by atoms with van der Waals surface area (Å²) in [5, 5.41) is 0.700. The maximum absolute atomic E-state index is 6.24. The second kappa shape index (κ2) is 4.10. The maximum Gasteiger partial charge on any atom is 0.178 e. The van der Waals surface area contributed by atoms with Crippen LogP contribution in [0.25, 0.3) is 22.6 Å². The smallest absolute Gasteiger partial charge is 0.178 e. The van der Waals surface area contributed by atoms with E-state index in [0.29, 0.717) is 5.02 Å². The lowest BCUT2D eigenvalue weighted by Crippen LogP contribution is -1.83. The van der Waals surface area contributed by atoms with Gasteiger partial charge in [0.05, 0.1) is 10.5 Å². The number of H-pyrrole nitrogens is 1. The largest absolute Gasteiger partial charge is 0.337 e. The van der Waals surface area contributed by atoms with E-state index in [1.54, 1.807) is 0 Å². The molecule has 18 heavy (non-hydrogen) atoms. The number of aromatic amines is 1. The number of aryl methyl sites for hydroxylation is 2. The molecule has 0 aliphatic carbocycles. The van der Waals surface area contributed by atoms with Crippen LogP contribution >= 0.6 is 11.6 Å². The van der Waals surface area contributed by atoms with Crippen LogP contribution in [0.4, 0.5) is 0 Å². The van der Waals surface area contributed by atoms with E-state index in [1.165, 1.54) is 0 Å². The van der Waals surface area contributed by atoms with Gasteiger partial charge >= 0.3 is 0 Å². The number of halogens is 1. The van der Waals surface area contributed by atoms with Crippen LogP contribution in [0.5, 0.6) is 0 Å². The average Bonchev–Trinajstić information content (AvgIpc) is 2.71. The van der Waals surface area contributed by atoms with Gasteiger partial charge in [-0.2, -0.15) is 0 Å². The van der Waals surface area contributed by atoms with Crippen LogP contribution in [0.15, 0.2) is 30.3 Å². The molecule has 1 N–H and O–H groups in total. The SMILES string of the molecule is Cc1ccc(-c2nc3nc(C)ccc3[nH]2)c(Cl)c1. The van der Waals surface area contributed by atoms with Crippen molar-refractivity contribution in [2.75, 3.05) is 0 Å². The lowest BCUT2D eigenvalue weighted by molar-refractivity contribution is 1.22. The molecule has 0 fully saturated rings. The minimum atomic E-state index is 0.700. The summed E-state index contributed by atoms with van der Waals surface area (Å²) in [7, 11) is 0. The predicted molar refractivity (Wildman–Crippen MR) is 73.8 cm³/mol. The summed E-state index contributed by atoms with van der Waals surface area (Å²) in [4.78, 5) is 12.1. The zero-order chi connectivity index (χ0) is 12.7.